The zero-order valence-electron chi connectivity index (χ0n) is 10.9. The average Bonchev–Trinajstić information content (AvgIpc) is 3.29. The first-order chi connectivity index (χ1) is 9.24. The molecule has 0 spiro atoms. The summed E-state index contributed by atoms with van der Waals surface area (Å²) >= 11 is 6.25. The van der Waals surface area contributed by atoms with Crippen LogP contribution in [0, 0.1) is 12.8 Å². The van der Waals surface area contributed by atoms with Crippen LogP contribution in [0.2, 0.25) is 5.15 Å². The first kappa shape index (κ1) is 11.5. The maximum absolute atomic E-state index is 6.25. The molecule has 2 aliphatic rings. The summed E-state index contributed by atoms with van der Waals surface area (Å²) in [6.07, 6.45) is 6.78. The fraction of sp³-hybridized carbons (Fsp3) is 0.615. The van der Waals surface area contributed by atoms with Gasteiger partial charge < -0.3 is 4.90 Å². The second kappa shape index (κ2) is 4.07. The molecule has 2 aromatic heterocycles. The molecular formula is C13H16ClN5. The summed E-state index contributed by atoms with van der Waals surface area (Å²) in [5.41, 5.74) is 1.01. The molecule has 0 aliphatic heterocycles. The number of halogens is 1. The van der Waals surface area contributed by atoms with Gasteiger partial charge in [-0.2, -0.15) is 19.6 Å². The van der Waals surface area contributed by atoms with Gasteiger partial charge in [0.05, 0.1) is 0 Å². The molecule has 5 nitrogen and oxygen atoms in total. The van der Waals surface area contributed by atoms with Gasteiger partial charge >= 0.3 is 0 Å². The van der Waals surface area contributed by atoms with Gasteiger partial charge in [-0.15, -0.1) is 0 Å². The van der Waals surface area contributed by atoms with Crippen molar-refractivity contribution in [3.63, 3.8) is 0 Å². The van der Waals surface area contributed by atoms with Gasteiger partial charge in [0.2, 0.25) is 0 Å². The van der Waals surface area contributed by atoms with E-state index in [2.05, 4.69) is 20.0 Å². The highest BCUT2D eigenvalue weighted by molar-refractivity contribution is 6.30. The average molecular weight is 278 g/mol. The van der Waals surface area contributed by atoms with Gasteiger partial charge in [-0.3, -0.25) is 0 Å². The molecule has 2 saturated carbocycles. The molecule has 0 bridgehead atoms. The molecule has 2 aromatic rings. The molecule has 0 amide bonds. The lowest BCUT2D eigenvalue weighted by Gasteiger charge is -2.26. The van der Waals surface area contributed by atoms with Crippen LogP contribution in [-0.2, 0) is 0 Å². The lowest BCUT2D eigenvalue weighted by molar-refractivity contribution is 0.689. The molecule has 0 aromatic carbocycles. The number of aromatic nitrogens is 4. The van der Waals surface area contributed by atoms with Crippen molar-refractivity contribution >= 4 is 23.2 Å². The van der Waals surface area contributed by atoms with Crippen LogP contribution in [0.1, 0.15) is 31.2 Å². The largest absolute Gasteiger partial charge is 0.353 e. The zero-order chi connectivity index (χ0) is 13.0. The van der Waals surface area contributed by atoms with Crippen molar-refractivity contribution in [1.82, 2.24) is 19.6 Å². The van der Waals surface area contributed by atoms with Crippen molar-refractivity contribution in [3.8, 4) is 0 Å². The van der Waals surface area contributed by atoms with E-state index in [0.29, 0.717) is 17.0 Å². The second-order valence-corrected chi connectivity index (χ2v) is 6.01. The maximum atomic E-state index is 6.25. The van der Waals surface area contributed by atoms with Gasteiger partial charge in [0, 0.05) is 18.2 Å². The van der Waals surface area contributed by atoms with Crippen molar-refractivity contribution in [2.45, 2.75) is 38.6 Å². The Morgan fingerprint density at radius 3 is 2.84 bits per heavy atom. The van der Waals surface area contributed by atoms with Crippen LogP contribution in [0.15, 0.2) is 6.33 Å². The van der Waals surface area contributed by atoms with Gasteiger partial charge in [-0.25, -0.2) is 0 Å². The minimum Gasteiger partial charge on any atom is -0.353 e. The van der Waals surface area contributed by atoms with E-state index in [1.54, 1.807) is 6.33 Å². The van der Waals surface area contributed by atoms with Crippen LogP contribution in [0.5, 0.6) is 0 Å². The quantitative estimate of drug-likeness (QED) is 0.806. The van der Waals surface area contributed by atoms with Crippen LogP contribution < -0.4 is 4.90 Å². The normalized spacial score (nSPS) is 19.1. The van der Waals surface area contributed by atoms with E-state index in [-0.39, 0.29) is 0 Å². The predicted molar refractivity (Wildman–Crippen MR) is 73.6 cm³/mol. The molecule has 0 atom stereocenters. The van der Waals surface area contributed by atoms with E-state index < -0.39 is 0 Å². The Morgan fingerprint density at radius 2 is 2.16 bits per heavy atom. The third-order valence-electron chi connectivity index (χ3n) is 3.98. The maximum Gasteiger partial charge on any atom is 0.255 e. The number of fused-ring (bicyclic) bond motifs is 1. The molecular weight excluding hydrogens is 262 g/mol. The van der Waals surface area contributed by atoms with Crippen LogP contribution >= 0.6 is 11.6 Å². The van der Waals surface area contributed by atoms with Crippen molar-refractivity contribution in [2.24, 2.45) is 5.92 Å². The van der Waals surface area contributed by atoms with Gasteiger partial charge in [0.15, 0.2) is 0 Å². The highest BCUT2D eigenvalue weighted by atomic mass is 35.5. The van der Waals surface area contributed by atoms with Gasteiger partial charge in [0.25, 0.3) is 5.78 Å². The van der Waals surface area contributed by atoms with Crippen molar-refractivity contribution < 1.29 is 0 Å². The van der Waals surface area contributed by atoms with E-state index in [9.17, 15) is 0 Å². The molecule has 2 aliphatic carbocycles. The molecule has 0 N–H and O–H groups in total. The molecule has 0 saturated heterocycles. The third-order valence-corrected chi connectivity index (χ3v) is 4.35. The van der Waals surface area contributed by atoms with Crippen LogP contribution in [0.3, 0.4) is 0 Å². The highest BCUT2D eigenvalue weighted by Crippen LogP contribution is 2.39. The van der Waals surface area contributed by atoms with Gasteiger partial charge in [-0.05, 0) is 38.5 Å². The standard InChI is InChI=1S/C13H16ClN5/c1-8-11(14)17-13-15-7-16-19(13)12(8)18(10-4-5-10)6-9-2-3-9/h7,9-10H,2-6H2,1H3. The number of anilines is 1. The van der Waals surface area contributed by atoms with E-state index in [4.69, 9.17) is 11.6 Å². The summed E-state index contributed by atoms with van der Waals surface area (Å²) in [5.74, 6) is 2.51. The summed E-state index contributed by atoms with van der Waals surface area (Å²) in [5, 5.41) is 4.86. The molecule has 100 valence electrons. The summed E-state index contributed by atoms with van der Waals surface area (Å²) in [7, 11) is 0. The van der Waals surface area contributed by atoms with Crippen LogP contribution in [0.25, 0.3) is 5.78 Å². The van der Waals surface area contributed by atoms with Gasteiger partial charge in [-0.1, -0.05) is 11.6 Å². The SMILES string of the molecule is Cc1c(Cl)nc2ncnn2c1N(CC1CC1)C1CC1. The molecule has 4 rings (SSSR count). The van der Waals surface area contributed by atoms with E-state index in [1.165, 1.54) is 25.7 Å². The Hall–Kier alpha value is -1.36. The van der Waals surface area contributed by atoms with Crippen molar-refractivity contribution in [2.75, 3.05) is 11.4 Å². The minimum absolute atomic E-state index is 0.539. The Kier molecular flexibility index (Phi) is 2.45. The lowest BCUT2D eigenvalue weighted by Crippen LogP contribution is -2.31. The first-order valence-corrected chi connectivity index (χ1v) is 7.24. The lowest BCUT2D eigenvalue weighted by atomic mass is 10.2. The molecule has 2 fully saturated rings. The zero-order valence-corrected chi connectivity index (χ0v) is 11.6. The fourth-order valence-electron chi connectivity index (χ4n) is 2.59. The number of nitrogens with zero attached hydrogens (tertiary/aromatic N) is 5. The summed E-state index contributed by atoms with van der Waals surface area (Å²) in [6, 6.07) is 0.644. The molecule has 0 radical (unpaired) electrons. The fourth-order valence-corrected chi connectivity index (χ4v) is 2.75. The third kappa shape index (κ3) is 1.96. The Balaban J connectivity index is 1.86. The molecule has 0 unspecified atom stereocenters. The predicted octanol–water partition coefficient (Wildman–Crippen LogP) is 2.46. The topological polar surface area (TPSA) is 46.3 Å². The van der Waals surface area contributed by atoms with E-state index in [0.717, 1.165) is 23.8 Å². The van der Waals surface area contributed by atoms with Crippen molar-refractivity contribution in [1.29, 1.82) is 0 Å². The van der Waals surface area contributed by atoms with Crippen LogP contribution in [0.4, 0.5) is 5.82 Å². The van der Waals surface area contributed by atoms with Crippen LogP contribution in [-0.4, -0.2) is 32.2 Å². The summed E-state index contributed by atoms with van der Waals surface area (Å²) in [6.45, 7) is 3.13. The molecule has 6 heteroatoms. The number of hydrogen-bond acceptors (Lipinski definition) is 4. The smallest absolute Gasteiger partial charge is 0.255 e. The van der Waals surface area contributed by atoms with Crippen molar-refractivity contribution in [3.05, 3.63) is 17.0 Å². The molecule has 2 heterocycles. The second-order valence-electron chi connectivity index (χ2n) is 5.65. The first-order valence-electron chi connectivity index (χ1n) is 6.86. The summed E-state index contributed by atoms with van der Waals surface area (Å²) < 4.78 is 1.84. The van der Waals surface area contributed by atoms with Gasteiger partial charge in [0.1, 0.15) is 17.3 Å². The highest BCUT2D eigenvalue weighted by Gasteiger charge is 2.36. The number of hydrogen-bond donors (Lipinski definition) is 0. The van der Waals surface area contributed by atoms with E-state index in [1.807, 2.05) is 11.4 Å². The Bertz CT molecular complexity index is 629. The van der Waals surface area contributed by atoms with E-state index >= 15 is 0 Å². The Morgan fingerprint density at radius 1 is 1.37 bits per heavy atom. The monoisotopic (exact) mass is 277 g/mol. The molecule has 19 heavy (non-hydrogen) atoms. The number of rotatable bonds is 4. The minimum atomic E-state index is 0.539. The Labute approximate surface area is 116 Å². The summed E-state index contributed by atoms with van der Waals surface area (Å²) in [4.78, 5) is 10.9.